The first kappa shape index (κ1) is 17.2. The van der Waals surface area contributed by atoms with Crippen molar-refractivity contribution in [3.63, 3.8) is 0 Å². The summed E-state index contributed by atoms with van der Waals surface area (Å²) in [6.07, 6.45) is 6.78. The Kier molecular flexibility index (Phi) is 4.32. The van der Waals surface area contributed by atoms with Gasteiger partial charge in [-0.3, -0.25) is 10.1 Å². The predicted molar refractivity (Wildman–Crippen MR) is 89.4 cm³/mol. The van der Waals surface area contributed by atoms with Gasteiger partial charge in [0.15, 0.2) is 18.2 Å². The normalized spacial score (nSPS) is 31.5. The lowest BCUT2D eigenvalue weighted by Gasteiger charge is -2.56. The first-order chi connectivity index (χ1) is 12.4. The molecular formula is C19H22F2N2O3. The summed E-state index contributed by atoms with van der Waals surface area (Å²) >= 11 is 0. The van der Waals surface area contributed by atoms with E-state index < -0.39 is 30.2 Å². The number of hydrogen-bond donors (Lipinski definition) is 2. The zero-order chi connectivity index (χ0) is 18.3. The SMILES string of the molecule is O=C(COc1ccc(F)c(F)c1)NC(=O)NC12CC3CC(CC(C3)C1)C2. The van der Waals surface area contributed by atoms with Crippen molar-refractivity contribution in [2.45, 2.75) is 44.1 Å². The number of nitrogens with one attached hydrogen (secondary N) is 2. The van der Waals surface area contributed by atoms with Gasteiger partial charge < -0.3 is 10.1 Å². The van der Waals surface area contributed by atoms with E-state index in [9.17, 15) is 18.4 Å². The number of urea groups is 1. The lowest BCUT2D eigenvalue weighted by molar-refractivity contribution is -0.122. The van der Waals surface area contributed by atoms with Crippen LogP contribution in [0.1, 0.15) is 38.5 Å². The molecule has 0 atom stereocenters. The number of halogens is 2. The van der Waals surface area contributed by atoms with E-state index in [1.165, 1.54) is 25.3 Å². The molecule has 0 radical (unpaired) electrons. The molecule has 4 bridgehead atoms. The summed E-state index contributed by atoms with van der Waals surface area (Å²) in [5, 5.41) is 5.30. The molecule has 140 valence electrons. The Hall–Kier alpha value is -2.18. The van der Waals surface area contributed by atoms with E-state index in [0.29, 0.717) is 17.8 Å². The van der Waals surface area contributed by atoms with Crippen molar-refractivity contribution < 1.29 is 23.1 Å². The maximum absolute atomic E-state index is 13.1. The molecule has 4 saturated carbocycles. The van der Waals surface area contributed by atoms with E-state index in [1.54, 1.807) is 0 Å². The standard InChI is InChI=1S/C19H22F2N2O3/c20-15-2-1-14(6-16(15)21)26-10-17(24)22-18(25)23-19-7-11-3-12(8-19)5-13(4-11)9-19/h1-2,6,11-13H,3-5,7-10H2,(H2,22,23,24,25). The number of rotatable bonds is 4. The summed E-state index contributed by atoms with van der Waals surface area (Å²) in [5.74, 6) is -0.575. The van der Waals surface area contributed by atoms with Gasteiger partial charge >= 0.3 is 6.03 Å². The molecule has 0 heterocycles. The summed E-state index contributed by atoms with van der Waals surface area (Å²) in [4.78, 5) is 24.1. The molecule has 0 saturated heterocycles. The highest BCUT2D eigenvalue weighted by Gasteiger charge is 2.51. The van der Waals surface area contributed by atoms with Gasteiger partial charge in [0, 0.05) is 11.6 Å². The van der Waals surface area contributed by atoms with E-state index in [2.05, 4.69) is 10.6 Å². The smallest absolute Gasteiger partial charge is 0.321 e. The fraction of sp³-hybridized carbons (Fsp3) is 0.579. The van der Waals surface area contributed by atoms with Crippen LogP contribution in [0.4, 0.5) is 13.6 Å². The lowest BCUT2D eigenvalue weighted by atomic mass is 9.53. The molecule has 3 amide bonds. The Morgan fingerprint density at radius 2 is 1.65 bits per heavy atom. The van der Waals surface area contributed by atoms with Crippen LogP contribution in [-0.4, -0.2) is 24.1 Å². The van der Waals surface area contributed by atoms with Crippen LogP contribution in [0, 0.1) is 29.4 Å². The molecule has 2 N–H and O–H groups in total. The van der Waals surface area contributed by atoms with Crippen LogP contribution in [0.25, 0.3) is 0 Å². The predicted octanol–water partition coefficient (Wildman–Crippen LogP) is 3.14. The van der Waals surface area contributed by atoms with Crippen LogP contribution >= 0.6 is 0 Å². The van der Waals surface area contributed by atoms with Crippen LogP contribution < -0.4 is 15.4 Å². The summed E-state index contributed by atoms with van der Waals surface area (Å²) in [7, 11) is 0. The highest BCUT2D eigenvalue weighted by atomic mass is 19.2. The highest BCUT2D eigenvalue weighted by molar-refractivity contribution is 5.95. The quantitative estimate of drug-likeness (QED) is 0.863. The van der Waals surface area contributed by atoms with Crippen molar-refractivity contribution in [3.05, 3.63) is 29.8 Å². The minimum absolute atomic E-state index is 0.0283. The van der Waals surface area contributed by atoms with Gasteiger partial charge in [0.1, 0.15) is 5.75 Å². The van der Waals surface area contributed by atoms with Crippen molar-refractivity contribution in [1.29, 1.82) is 0 Å². The van der Waals surface area contributed by atoms with Gasteiger partial charge in [-0.25, -0.2) is 13.6 Å². The number of ether oxygens (including phenoxy) is 1. The molecule has 0 spiro atoms. The van der Waals surface area contributed by atoms with Gasteiger partial charge in [0.25, 0.3) is 5.91 Å². The largest absolute Gasteiger partial charge is 0.484 e. The van der Waals surface area contributed by atoms with Crippen molar-refractivity contribution in [1.82, 2.24) is 10.6 Å². The summed E-state index contributed by atoms with van der Waals surface area (Å²) < 4.78 is 31.1. The van der Waals surface area contributed by atoms with Crippen molar-refractivity contribution in [3.8, 4) is 5.75 Å². The molecule has 4 aliphatic rings. The first-order valence-corrected chi connectivity index (χ1v) is 9.11. The second kappa shape index (κ2) is 6.52. The highest BCUT2D eigenvalue weighted by Crippen LogP contribution is 2.55. The molecular weight excluding hydrogens is 342 g/mol. The molecule has 7 heteroatoms. The summed E-state index contributed by atoms with van der Waals surface area (Å²) in [6.45, 7) is -0.445. The van der Waals surface area contributed by atoms with Crippen molar-refractivity contribution >= 4 is 11.9 Å². The molecule has 4 fully saturated rings. The number of carbonyl (C=O) groups excluding carboxylic acids is 2. The Morgan fingerprint density at radius 3 is 2.23 bits per heavy atom. The minimum Gasteiger partial charge on any atom is -0.484 e. The van der Waals surface area contributed by atoms with E-state index in [-0.39, 0.29) is 11.3 Å². The van der Waals surface area contributed by atoms with Crippen molar-refractivity contribution in [2.24, 2.45) is 17.8 Å². The van der Waals surface area contributed by atoms with Crippen molar-refractivity contribution in [2.75, 3.05) is 6.61 Å². The van der Waals surface area contributed by atoms with E-state index >= 15 is 0 Å². The maximum Gasteiger partial charge on any atom is 0.321 e. The summed E-state index contributed by atoms with van der Waals surface area (Å²) in [6, 6.07) is 2.49. The third kappa shape index (κ3) is 3.52. The summed E-state index contributed by atoms with van der Waals surface area (Å²) in [5.41, 5.74) is -0.181. The van der Waals surface area contributed by atoms with Crippen LogP contribution in [0.5, 0.6) is 5.75 Å². The molecule has 4 aliphatic carbocycles. The number of benzene rings is 1. The van der Waals surface area contributed by atoms with Gasteiger partial charge in [-0.05, 0) is 68.4 Å². The number of imide groups is 1. The molecule has 5 nitrogen and oxygen atoms in total. The zero-order valence-corrected chi connectivity index (χ0v) is 14.4. The third-order valence-electron chi connectivity index (χ3n) is 5.93. The first-order valence-electron chi connectivity index (χ1n) is 9.11. The minimum atomic E-state index is -1.05. The topological polar surface area (TPSA) is 67.4 Å². The number of carbonyl (C=O) groups is 2. The van der Waals surface area contributed by atoms with Gasteiger partial charge in [0.2, 0.25) is 0 Å². The molecule has 1 aromatic rings. The molecule has 5 rings (SSSR count). The van der Waals surface area contributed by atoms with Crippen LogP contribution in [0.15, 0.2) is 18.2 Å². The van der Waals surface area contributed by atoms with Gasteiger partial charge in [0.05, 0.1) is 0 Å². The van der Waals surface area contributed by atoms with E-state index in [0.717, 1.165) is 31.4 Å². The monoisotopic (exact) mass is 364 g/mol. The molecule has 26 heavy (non-hydrogen) atoms. The number of hydrogen-bond acceptors (Lipinski definition) is 3. The molecule has 0 aliphatic heterocycles. The average molecular weight is 364 g/mol. The fourth-order valence-electron chi connectivity index (χ4n) is 5.41. The molecule has 0 aromatic heterocycles. The van der Waals surface area contributed by atoms with Gasteiger partial charge in [-0.15, -0.1) is 0 Å². The Labute approximate surface area is 150 Å². The maximum atomic E-state index is 13.1. The molecule has 1 aromatic carbocycles. The van der Waals surface area contributed by atoms with Crippen LogP contribution in [0.3, 0.4) is 0 Å². The van der Waals surface area contributed by atoms with Crippen LogP contribution in [0.2, 0.25) is 0 Å². The van der Waals surface area contributed by atoms with Crippen LogP contribution in [-0.2, 0) is 4.79 Å². The Morgan fingerprint density at radius 1 is 1.04 bits per heavy atom. The van der Waals surface area contributed by atoms with E-state index in [4.69, 9.17) is 4.74 Å². The van der Waals surface area contributed by atoms with Gasteiger partial charge in [-0.1, -0.05) is 0 Å². The fourth-order valence-corrected chi connectivity index (χ4v) is 5.41. The zero-order valence-electron chi connectivity index (χ0n) is 14.4. The second-order valence-electron chi connectivity index (χ2n) is 8.06. The Bertz CT molecular complexity index is 702. The van der Waals surface area contributed by atoms with Gasteiger partial charge in [-0.2, -0.15) is 0 Å². The second-order valence-corrected chi connectivity index (χ2v) is 8.06. The Balaban J connectivity index is 1.28. The number of amides is 3. The lowest BCUT2D eigenvalue weighted by Crippen LogP contribution is -2.62. The average Bonchev–Trinajstić information content (AvgIpc) is 2.54. The molecule has 0 unspecified atom stereocenters. The third-order valence-corrected chi connectivity index (χ3v) is 5.93. The van der Waals surface area contributed by atoms with E-state index in [1.807, 2.05) is 0 Å².